The number of aromatic nitrogens is 2. The van der Waals surface area contributed by atoms with Gasteiger partial charge in [0, 0.05) is 29.6 Å². The van der Waals surface area contributed by atoms with E-state index >= 15 is 0 Å². The molecule has 2 aromatic carbocycles. The van der Waals surface area contributed by atoms with Crippen LogP contribution in [0, 0.1) is 0 Å². The smallest absolute Gasteiger partial charge is 0.328 e. The molecule has 6 nitrogen and oxygen atoms in total. The molecule has 0 saturated carbocycles. The highest BCUT2D eigenvalue weighted by Crippen LogP contribution is 2.20. The number of para-hydroxylation sites is 1. The van der Waals surface area contributed by atoms with Crippen molar-refractivity contribution < 1.29 is 4.79 Å². The molecule has 134 valence electrons. The Labute approximate surface area is 158 Å². The van der Waals surface area contributed by atoms with Gasteiger partial charge >= 0.3 is 5.69 Å². The van der Waals surface area contributed by atoms with E-state index in [1.807, 2.05) is 0 Å². The number of H-pyrrole nitrogens is 1. The fourth-order valence-electron chi connectivity index (χ4n) is 2.62. The summed E-state index contributed by atoms with van der Waals surface area (Å²) in [6.07, 6.45) is 0.0845. The lowest BCUT2D eigenvalue weighted by atomic mass is 10.2. The van der Waals surface area contributed by atoms with E-state index in [0.717, 1.165) is 5.56 Å². The first-order valence-corrected chi connectivity index (χ1v) is 8.64. The molecule has 1 heterocycles. The molecule has 0 spiro atoms. The van der Waals surface area contributed by atoms with E-state index in [4.69, 9.17) is 23.2 Å². The largest absolute Gasteiger partial charge is 0.352 e. The number of amides is 1. The zero-order valence-corrected chi connectivity index (χ0v) is 15.1. The maximum absolute atomic E-state index is 12.1. The topological polar surface area (TPSA) is 84.0 Å². The summed E-state index contributed by atoms with van der Waals surface area (Å²) in [5.74, 6) is -0.238. The van der Waals surface area contributed by atoms with Crippen LogP contribution in [0.5, 0.6) is 0 Å². The Morgan fingerprint density at radius 2 is 1.88 bits per heavy atom. The number of hydrogen-bond donors (Lipinski definition) is 2. The normalized spacial score (nSPS) is 10.8. The summed E-state index contributed by atoms with van der Waals surface area (Å²) >= 11 is 11.9. The first-order chi connectivity index (χ1) is 12.5. The molecule has 2 N–H and O–H groups in total. The van der Waals surface area contributed by atoms with Crippen molar-refractivity contribution >= 4 is 40.0 Å². The molecule has 0 radical (unpaired) electrons. The first kappa shape index (κ1) is 18.2. The molecule has 0 aliphatic carbocycles. The van der Waals surface area contributed by atoms with E-state index in [1.165, 1.54) is 4.57 Å². The van der Waals surface area contributed by atoms with Gasteiger partial charge in [-0.1, -0.05) is 41.4 Å². The number of halogens is 2. The minimum atomic E-state index is -0.540. The number of hydrogen-bond acceptors (Lipinski definition) is 3. The van der Waals surface area contributed by atoms with Crippen molar-refractivity contribution in [3.63, 3.8) is 0 Å². The van der Waals surface area contributed by atoms with Crippen LogP contribution in [0.4, 0.5) is 0 Å². The maximum Gasteiger partial charge on any atom is 0.328 e. The first-order valence-electron chi connectivity index (χ1n) is 7.88. The predicted molar refractivity (Wildman–Crippen MR) is 102 cm³/mol. The summed E-state index contributed by atoms with van der Waals surface area (Å²) < 4.78 is 1.38. The molecule has 0 unspecified atom stereocenters. The number of fused-ring (bicyclic) bond motifs is 1. The van der Waals surface area contributed by atoms with E-state index in [1.54, 1.807) is 42.5 Å². The van der Waals surface area contributed by atoms with Gasteiger partial charge in [-0.3, -0.25) is 19.1 Å². The van der Waals surface area contributed by atoms with Gasteiger partial charge in [0.1, 0.15) is 0 Å². The summed E-state index contributed by atoms with van der Waals surface area (Å²) in [7, 11) is 0. The zero-order valence-electron chi connectivity index (χ0n) is 13.6. The summed E-state index contributed by atoms with van der Waals surface area (Å²) in [6, 6.07) is 11.8. The number of carbonyl (C=O) groups is 1. The van der Waals surface area contributed by atoms with Crippen molar-refractivity contribution in [2.45, 2.75) is 19.5 Å². The second-order valence-corrected chi connectivity index (χ2v) is 6.53. The third-order valence-corrected chi connectivity index (χ3v) is 4.55. The molecule has 26 heavy (non-hydrogen) atoms. The molecule has 1 amide bonds. The molecule has 3 aromatic rings. The minimum Gasteiger partial charge on any atom is -0.352 e. The molecule has 0 fully saturated rings. The molecular formula is C18H15Cl2N3O3. The minimum absolute atomic E-state index is 0.0845. The van der Waals surface area contributed by atoms with E-state index in [0.29, 0.717) is 20.9 Å². The van der Waals surface area contributed by atoms with Gasteiger partial charge in [-0.25, -0.2) is 4.79 Å². The van der Waals surface area contributed by atoms with Crippen LogP contribution in [0.1, 0.15) is 12.0 Å². The monoisotopic (exact) mass is 391 g/mol. The Hall–Kier alpha value is -2.57. The SMILES string of the molecule is O=C(CCn1c(=O)[nH]c(=O)c2ccccc21)NCc1ccc(Cl)cc1Cl. The summed E-state index contributed by atoms with van der Waals surface area (Å²) in [5, 5.41) is 4.15. The fraction of sp³-hybridized carbons (Fsp3) is 0.167. The van der Waals surface area contributed by atoms with Crippen molar-refractivity contribution in [1.82, 2.24) is 14.9 Å². The van der Waals surface area contributed by atoms with Gasteiger partial charge in [-0.2, -0.15) is 0 Å². The van der Waals surface area contributed by atoms with Gasteiger partial charge in [0.25, 0.3) is 5.56 Å². The number of aryl methyl sites for hydroxylation is 1. The number of nitrogens with zero attached hydrogens (tertiary/aromatic N) is 1. The van der Waals surface area contributed by atoms with Crippen LogP contribution in [0.25, 0.3) is 10.9 Å². The molecule has 8 heteroatoms. The van der Waals surface area contributed by atoms with Crippen molar-refractivity contribution in [3.05, 3.63) is 78.9 Å². The van der Waals surface area contributed by atoms with Crippen molar-refractivity contribution in [2.24, 2.45) is 0 Å². The number of aromatic amines is 1. The van der Waals surface area contributed by atoms with Crippen LogP contribution in [0.15, 0.2) is 52.1 Å². The standard InChI is InChI=1S/C18H15Cl2N3O3/c19-12-6-5-11(14(20)9-12)10-21-16(24)7-8-23-15-4-2-1-3-13(15)17(25)22-18(23)26/h1-6,9H,7-8,10H2,(H,21,24)(H,22,25,26). The molecule has 3 rings (SSSR count). The predicted octanol–water partition coefficient (Wildman–Crippen LogP) is 2.70. The van der Waals surface area contributed by atoms with Crippen LogP contribution in [0.2, 0.25) is 10.0 Å². The van der Waals surface area contributed by atoms with Gasteiger partial charge in [0.15, 0.2) is 0 Å². The van der Waals surface area contributed by atoms with Gasteiger partial charge < -0.3 is 5.32 Å². The summed E-state index contributed by atoms with van der Waals surface area (Å²) in [5.41, 5.74) is 0.261. The van der Waals surface area contributed by atoms with Crippen molar-refractivity contribution in [3.8, 4) is 0 Å². The lowest BCUT2D eigenvalue weighted by Crippen LogP contribution is -2.32. The Morgan fingerprint density at radius 3 is 2.65 bits per heavy atom. The molecule has 0 atom stereocenters. The van der Waals surface area contributed by atoms with Gasteiger partial charge in [0.05, 0.1) is 10.9 Å². The number of benzene rings is 2. The Kier molecular flexibility index (Phi) is 5.44. The van der Waals surface area contributed by atoms with E-state index in [9.17, 15) is 14.4 Å². The van der Waals surface area contributed by atoms with Crippen LogP contribution < -0.4 is 16.6 Å². The second kappa shape index (κ2) is 7.76. The molecule has 0 aliphatic heterocycles. The second-order valence-electron chi connectivity index (χ2n) is 5.69. The Balaban J connectivity index is 1.69. The van der Waals surface area contributed by atoms with Crippen LogP contribution >= 0.6 is 23.2 Å². The molecule has 0 aliphatic rings. The Bertz CT molecular complexity index is 1090. The highest BCUT2D eigenvalue weighted by atomic mass is 35.5. The van der Waals surface area contributed by atoms with Crippen LogP contribution in [-0.4, -0.2) is 15.5 Å². The summed E-state index contributed by atoms with van der Waals surface area (Å²) in [6.45, 7) is 0.409. The number of rotatable bonds is 5. The molecule has 1 aromatic heterocycles. The number of nitrogens with one attached hydrogen (secondary N) is 2. The molecule has 0 bridgehead atoms. The zero-order chi connectivity index (χ0) is 18.7. The average Bonchev–Trinajstić information content (AvgIpc) is 2.61. The Morgan fingerprint density at radius 1 is 1.12 bits per heavy atom. The quantitative estimate of drug-likeness (QED) is 0.700. The lowest BCUT2D eigenvalue weighted by molar-refractivity contribution is -0.121. The highest BCUT2D eigenvalue weighted by Gasteiger charge is 2.09. The van der Waals surface area contributed by atoms with Crippen molar-refractivity contribution in [2.75, 3.05) is 0 Å². The molecule has 0 saturated heterocycles. The highest BCUT2D eigenvalue weighted by molar-refractivity contribution is 6.35. The number of carbonyl (C=O) groups excluding carboxylic acids is 1. The third-order valence-electron chi connectivity index (χ3n) is 3.96. The van der Waals surface area contributed by atoms with E-state index in [-0.39, 0.29) is 25.4 Å². The van der Waals surface area contributed by atoms with Gasteiger partial charge in [-0.05, 0) is 29.8 Å². The fourth-order valence-corrected chi connectivity index (χ4v) is 3.10. The molecular weight excluding hydrogens is 377 g/mol. The maximum atomic E-state index is 12.1. The average molecular weight is 392 g/mol. The van der Waals surface area contributed by atoms with E-state index in [2.05, 4.69) is 10.3 Å². The summed E-state index contributed by atoms with van der Waals surface area (Å²) in [4.78, 5) is 38.3. The van der Waals surface area contributed by atoms with Crippen LogP contribution in [0.3, 0.4) is 0 Å². The van der Waals surface area contributed by atoms with E-state index < -0.39 is 11.2 Å². The van der Waals surface area contributed by atoms with Crippen molar-refractivity contribution in [1.29, 1.82) is 0 Å². The van der Waals surface area contributed by atoms with Gasteiger partial charge in [0.2, 0.25) is 5.91 Å². The third kappa shape index (κ3) is 3.98. The van der Waals surface area contributed by atoms with Gasteiger partial charge in [-0.15, -0.1) is 0 Å². The van der Waals surface area contributed by atoms with Crippen LogP contribution in [-0.2, 0) is 17.9 Å². The lowest BCUT2D eigenvalue weighted by Gasteiger charge is -2.10.